The SMILES string of the molecule is COC(=O)c1cccc(NC(=O)CCc2ncc(-c3ccccc3)o2)c1. The van der Waals surface area contributed by atoms with E-state index in [1.165, 1.54) is 7.11 Å². The molecule has 0 fully saturated rings. The molecule has 1 N–H and O–H groups in total. The summed E-state index contributed by atoms with van der Waals surface area (Å²) in [5.74, 6) is 0.537. The molecule has 26 heavy (non-hydrogen) atoms. The number of carbonyl (C=O) groups excluding carboxylic acids is 2. The number of methoxy groups -OCH3 is 1. The van der Waals surface area contributed by atoms with Gasteiger partial charge in [0.15, 0.2) is 11.7 Å². The number of esters is 1. The second-order valence-corrected chi connectivity index (χ2v) is 5.60. The summed E-state index contributed by atoms with van der Waals surface area (Å²) >= 11 is 0. The number of nitrogens with one attached hydrogen (secondary N) is 1. The number of rotatable bonds is 6. The number of amides is 1. The molecule has 0 aliphatic rings. The van der Waals surface area contributed by atoms with Gasteiger partial charge in [0.2, 0.25) is 5.91 Å². The molecule has 0 aliphatic heterocycles. The predicted octanol–water partition coefficient (Wildman–Crippen LogP) is 3.70. The number of carbonyl (C=O) groups is 2. The average molecular weight is 350 g/mol. The van der Waals surface area contributed by atoms with E-state index in [2.05, 4.69) is 15.0 Å². The van der Waals surface area contributed by atoms with Gasteiger partial charge in [0.05, 0.1) is 18.9 Å². The maximum absolute atomic E-state index is 12.1. The van der Waals surface area contributed by atoms with Crippen LogP contribution >= 0.6 is 0 Å². The van der Waals surface area contributed by atoms with Gasteiger partial charge >= 0.3 is 5.97 Å². The van der Waals surface area contributed by atoms with Crippen molar-refractivity contribution in [3.63, 3.8) is 0 Å². The monoisotopic (exact) mass is 350 g/mol. The van der Waals surface area contributed by atoms with E-state index >= 15 is 0 Å². The summed E-state index contributed by atoms with van der Waals surface area (Å²) in [4.78, 5) is 27.9. The van der Waals surface area contributed by atoms with E-state index in [1.807, 2.05) is 30.3 Å². The zero-order valence-electron chi connectivity index (χ0n) is 14.3. The minimum Gasteiger partial charge on any atom is -0.465 e. The molecule has 3 aromatic rings. The van der Waals surface area contributed by atoms with Crippen molar-refractivity contribution in [3.05, 3.63) is 72.2 Å². The molecule has 3 rings (SSSR count). The lowest BCUT2D eigenvalue weighted by molar-refractivity contribution is -0.116. The van der Waals surface area contributed by atoms with Crippen LogP contribution in [0.2, 0.25) is 0 Å². The number of hydrogen-bond acceptors (Lipinski definition) is 5. The molecule has 0 radical (unpaired) electrons. The van der Waals surface area contributed by atoms with Crippen molar-refractivity contribution in [2.24, 2.45) is 0 Å². The molecule has 132 valence electrons. The molecule has 0 aliphatic carbocycles. The van der Waals surface area contributed by atoms with Gasteiger partial charge in [0.25, 0.3) is 0 Å². The molecule has 0 spiro atoms. The molecule has 1 aromatic heterocycles. The predicted molar refractivity (Wildman–Crippen MR) is 96.7 cm³/mol. The van der Waals surface area contributed by atoms with E-state index in [0.717, 1.165) is 5.56 Å². The quantitative estimate of drug-likeness (QED) is 0.686. The molecular weight excluding hydrogens is 332 g/mol. The second-order valence-electron chi connectivity index (χ2n) is 5.60. The van der Waals surface area contributed by atoms with Crippen molar-refractivity contribution in [1.82, 2.24) is 4.98 Å². The molecular formula is C20H18N2O4. The van der Waals surface area contributed by atoms with Gasteiger partial charge in [-0.3, -0.25) is 4.79 Å². The number of oxazole rings is 1. The van der Waals surface area contributed by atoms with Crippen molar-refractivity contribution in [3.8, 4) is 11.3 Å². The van der Waals surface area contributed by atoms with E-state index in [9.17, 15) is 9.59 Å². The summed E-state index contributed by atoms with van der Waals surface area (Å²) in [6.07, 6.45) is 2.26. The van der Waals surface area contributed by atoms with Crippen molar-refractivity contribution in [1.29, 1.82) is 0 Å². The highest BCUT2D eigenvalue weighted by atomic mass is 16.5. The Morgan fingerprint density at radius 1 is 1.12 bits per heavy atom. The number of benzene rings is 2. The summed E-state index contributed by atoms with van der Waals surface area (Å²) in [6.45, 7) is 0. The number of aryl methyl sites for hydroxylation is 1. The van der Waals surface area contributed by atoms with E-state index in [1.54, 1.807) is 30.5 Å². The van der Waals surface area contributed by atoms with E-state index < -0.39 is 5.97 Å². The first kappa shape index (κ1) is 17.4. The highest BCUT2D eigenvalue weighted by Gasteiger charge is 2.10. The Balaban J connectivity index is 1.56. The minimum absolute atomic E-state index is 0.188. The van der Waals surface area contributed by atoms with Gasteiger partial charge in [-0.2, -0.15) is 0 Å². The molecule has 6 nitrogen and oxygen atoms in total. The summed E-state index contributed by atoms with van der Waals surface area (Å²) in [7, 11) is 1.31. The first-order chi connectivity index (χ1) is 12.7. The van der Waals surface area contributed by atoms with Crippen molar-refractivity contribution >= 4 is 17.6 Å². The van der Waals surface area contributed by atoms with Gasteiger partial charge < -0.3 is 14.5 Å². The number of anilines is 1. The van der Waals surface area contributed by atoms with Crippen molar-refractivity contribution < 1.29 is 18.7 Å². The van der Waals surface area contributed by atoms with Gasteiger partial charge in [-0.25, -0.2) is 9.78 Å². The van der Waals surface area contributed by atoms with Gasteiger partial charge in [-0.05, 0) is 18.2 Å². The Morgan fingerprint density at radius 2 is 1.92 bits per heavy atom. The first-order valence-corrected chi connectivity index (χ1v) is 8.14. The standard InChI is InChI=1S/C20H18N2O4/c1-25-20(24)15-8-5-9-16(12-15)22-18(23)10-11-19-21-13-17(26-19)14-6-3-2-4-7-14/h2-9,12-13H,10-11H2,1H3,(H,22,23). The number of nitrogens with zero attached hydrogens (tertiary/aromatic N) is 1. The average Bonchev–Trinajstić information content (AvgIpc) is 3.16. The minimum atomic E-state index is -0.450. The highest BCUT2D eigenvalue weighted by molar-refractivity contribution is 5.94. The molecule has 0 unspecified atom stereocenters. The fourth-order valence-corrected chi connectivity index (χ4v) is 2.45. The Bertz CT molecular complexity index is 903. The maximum atomic E-state index is 12.1. The smallest absolute Gasteiger partial charge is 0.337 e. The van der Waals surface area contributed by atoms with Crippen LogP contribution in [0.15, 0.2) is 65.2 Å². The molecule has 0 bridgehead atoms. The van der Waals surface area contributed by atoms with Crippen LogP contribution in [0.1, 0.15) is 22.7 Å². The molecule has 0 saturated heterocycles. The normalized spacial score (nSPS) is 10.3. The van der Waals surface area contributed by atoms with Crippen LogP contribution in [0.3, 0.4) is 0 Å². The van der Waals surface area contributed by atoms with Gasteiger partial charge in [-0.15, -0.1) is 0 Å². The molecule has 0 saturated carbocycles. The van der Waals surface area contributed by atoms with E-state index in [0.29, 0.717) is 29.3 Å². The molecule has 0 atom stereocenters. The van der Waals surface area contributed by atoms with Crippen LogP contribution in [0.5, 0.6) is 0 Å². The van der Waals surface area contributed by atoms with Crippen LogP contribution in [0.25, 0.3) is 11.3 Å². The zero-order chi connectivity index (χ0) is 18.4. The third-order valence-corrected chi connectivity index (χ3v) is 3.75. The molecule has 6 heteroatoms. The first-order valence-electron chi connectivity index (χ1n) is 8.14. The summed E-state index contributed by atoms with van der Waals surface area (Å²) < 4.78 is 10.4. The van der Waals surface area contributed by atoms with E-state index in [4.69, 9.17) is 4.42 Å². The lowest BCUT2D eigenvalue weighted by Crippen LogP contribution is -2.13. The van der Waals surface area contributed by atoms with Gasteiger partial charge in [0, 0.05) is 24.1 Å². The Morgan fingerprint density at radius 3 is 2.69 bits per heavy atom. The zero-order valence-corrected chi connectivity index (χ0v) is 14.3. The third-order valence-electron chi connectivity index (χ3n) is 3.75. The number of aromatic nitrogens is 1. The van der Waals surface area contributed by atoms with Crippen molar-refractivity contribution in [2.45, 2.75) is 12.8 Å². The lowest BCUT2D eigenvalue weighted by Gasteiger charge is -2.06. The summed E-state index contributed by atoms with van der Waals surface area (Å²) in [5.41, 5.74) is 1.86. The van der Waals surface area contributed by atoms with Crippen LogP contribution in [0.4, 0.5) is 5.69 Å². The highest BCUT2D eigenvalue weighted by Crippen LogP contribution is 2.20. The Kier molecular flexibility index (Phi) is 5.43. The van der Waals surface area contributed by atoms with Gasteiger partial charge in [0.1, 0.15) is 0 Å². The van der Waals surface area contributed by atoms with Crippen LogP contribution in [-0.2, 0) is 16.0 Å². The van der Waals surface area contributed by atoms with Gasteiger partial charge in [-0.1, -0.05) is 36.4 Å². The largest absolute Gasteiger partial charge is 0.465 e. The molecule has 1 heterocycles. The number of hydrogen-bond donors (Lipinski definition) is 1. The third kappa shape index (κ3) is 4.36. The van der Waals surface area contributed by atoms with Crippen LogP contribution in [-0.4, -0.2) is 24.0 Å². The molecule has 2 aromatic carbocycles. The van der Waals surface area contributed by atoms with Crippen molar-refractivity contribution in [2.75, 3.05) is 12.4 Å². The fourth-order valence-electron chi connectivity index (χ4n) is 2.45. The van der Waals surface area contributed by atoms with E-state index in [-0.39, 0.29) is 12.3 Å². The number of ether oxygens (including phenoxy) is 1. The lowest BCUT2D eigenvalue weighted by atomic mass is 10.2. The van der Waals surface area contributed by atoms with Crippen LogP contribution < -0.4 is 5.32 Å². The van der Waals surface area contributed by atoms with Crippen LogP contribution in [0, 0.1) is 0 Å². The topological polar surface area (TPSA) is 81.4 Å². The maximum Gasteiger partial charge on any atom is 0.337 e. The second kappa shape index (κ2) is 8.11. The summed E-state index contributed by atoms with van der Waals surface area (Å²) in [5, 5.41) is 2.75. The fraction of sp³-hybridized carbons (Fsp3) is 0.150. The molecule has 1 amide bonds. The Hall–Kier alpha value is -3.41. The summed E-state index contributed by atoms with van der Waals surface area (Å²) in [6, 6.07) is 16.2. The Labute approximate surface area is 150 Å².